The van der Waals surface area contributed by atoms with Crippen molar-refractivity contribution >= 4 is 12.0 Å². The van der Waals surface area contributed by atoms with Crippen LogP contribution in [0.25, 0.3) is 0 Å². The van der Waals surface area contributed by atoms with E-state index in [9.17, 15) is 14.7 Å². The zero-order valence-corrected chi connectivity index (χ0v) is 11.5. The maximum absolute atomic E-state index is 12.2. The molecule has 4 unspecified atom stereocenters. The van der Waals surface area contributed by atoms with Crippen molar-refractivity contribution < 1.29 is 19.4 Å². The largest absolute Gasteiger partial charge is 0.480 e. The van der Waals surface area contributed by atoms with Crippen molar-refractivity contribution in [1.29, 1.82) is 0 Å². The minimum atomic E-state index is -0.921. The maximum Gasteiger partial charge on any atom is 0.326 e. The number of ether oxygens (including phenoxy) is 1. The number of aliphatic carboxylic acids is 1. The van der Waals surface area contributed by atoms with Gasteiger partial charge in [-0.15, -0.1) is 0 Å². The number of likely N-dealkylation sites (tertiary alicyclic amines) is 1. The van der Waals surface area contributed by atoms with Crippen LogP contribution >= 0.6 is 0 Å². The summed E-state index contributed by atoms with van der Waals surface area (Å²) in [5.74, 6) is -0.917. The highest BCUT2D eigenvalue weighted by molar-refractivity contribution is 5.83. The molecule has 6 heteroatoms. The number of urea groups is 1. The predicted octanol–water partition coefficient (Wildman–Crippen LogP) is 1.06. The van der Waals surface area contributed by atoms with E-state index in [1.165, 1.54) is 4.90 Å². The Hall–Kier alpha value is -1.30. The van der Waals surface area contributed by atoms with Gasteiger partial charge in [0.15, 0.2) is 0 Å². The van der Waals surface area contributed by atoms with E-state index in [-0.39, 0.29) is 24.1 Å². The van der Waals surface area contributed by atoms with Crippen molar-refractivity contribution in [3.63, 3.8) is 0 Å². The predicted molar refractivity (Wildman–Crippen MR) is 68.9 cm³/mol. The Morgan fingerprint density at radius 3 is 2.68 bits per heavy atom. The van der Waals surface area contributed by atoms with Crippen LogP contribution in [0.4, 0.5) is 4.79 Å². The number of methoxy groups -OCH3 is 1. The normalized spacial score (nSPS) is 34.5. The lowest BCUT2D eigenvalue weighted by atomic mass is 10.0. The highest BCUT2D eigenvalue weighted by Crippen LogP contribution is 2.26. The Kier molecular flexibility index (Phi) is 4.29. The summed E-state index contributed by atoms with van der Waals surface area (Å²) in [6.07, 6.45) is 3.66. The van der Waals surface area contributed by atoms with Crippen LogP contribution in [0.3, 0.4) is 0 Å². The van der Waals surface area contributed by atoms with E-state index in [0.29, 0.717) is 6.54 Å². The number of hydrogen-bond acceptors (Lipinski definition) is 3. The third kappa shape index (κ3) is 2.83. The number of amides is 2. The summed E-state index contributed by atoms with van der Waals surface area (Å²) < 4.78 is 5.33. The topological polar surface area (TPSA) is 78.9 Å². The van der Waals surface area contributed by atoms with E-state index in [1.54, 1.807) is 7.11 Å². The molecule has 0 aromatic heterocycles. The van der Waals surface area contributed by atoms with E-state index in [1.807, 2.05) is 6.92 Å². The zero-order chi connectivity index (χ0) is 14.0. The number of carboxylic acid groups (broad SMARTS) is 1. The molecule has 1 saturated heterocycles. The van der Waals surface area contributed by atoms with Gasteiger partial charge < -0.3 is 20.1 Å². The first-order valence-electron chi connectivity index (χ1n) is 6.87. The summed E-state index contributed by atoms with van der Waals surface area (Å²) >= 11 is 0. The number of rotatable bonds is 3. The molecule has 0 bridgehead atoms. The van der Waals surface area contributed by atoms with Gasteiger partial charge in [-0.3, -0.25) is 0 Å². The minimum Gasteiger partial charge on any atom is -0.480 e. The van der Waals surface area contributed by atoms with Crippen LogP contribution in [0.5, 0.6) is 0 Å². The SMILES string of the molecule is COC1CCCC1NC(=O)N1CCC(C)C1C(=O)O. The number of carbonyl (C=O) groups excluding carboxylic acids is 1. The zero-order valence-electron chi connectivity index (χ0n) is 11.5. The van der Waals surface area contributed by atoms with E-state index < -0.39 is 12.0 Å². The van der Waals surface area contributed by atoms with Crippen molar-refractivity contribution in [2.75, 3.05) is 13.7 Å². The van der Waals surface area contributed by atoms with Crippen molar-refractivity contribution in [2.24, 2.45) is 5.92 Å². The molecule has 2 aliphatic rings. The molecular weight excluding hydrogens is 248 g/mol. The fraction of sp³-hybridized carbons (Fsp3) is 0.846. The fourth-order valence-electron chi connectivity index (χ4n) is 3.17. The molecule has 0 aromatic rings. The maximum atomic E-state index is 12.2. The second-order valence-corrected chi connectivity index (χ2v) is 5.50. The van der Waals surface area contributed by atoms with Crippen LogP contribution in [0, 0.1) is 5.92 Å². The van der Waals surface area contributed by atoms with Crippen LogP contribution in [-0.2, 0) is 9.53 Å². The average molecular weight is 270 g/mol. The van der Waals surface area contributed by atoms with Gasteiger partial charge in [-0.05, 0) is 31.6 Å². The molecule has 0 spiro atoms. The molecule has 2 amide bonds. The van der Waals surface area contributed by atoms with E-state index in [2.05, 4.69) is 5.32 Å². The van der Waals surface area contributed by atoms with Gasteiger partial charge in [0, 0.05) is 13.7 Å². The summed E-state index contributed by atoms with van der Waals surface area (Å²) in [7, 11) is 1.65. The molecule has 0 aromatic carbocycles. The van der Waals surface area contributed by atoms with Gasteiger partial charge in [0.05, 0.1) is 12.1 Å². The van der Waals surface area contributed by atoms with Crippen molar-refractivity contribution in [3.8, 4) is 0 Å². The molecule has 1 saturated carbocycles. The monoisotopic (exact) mass is 270 g/mol. The highest BCUT2D eigenvalue weighted by Gasteiger charge is 2.40. The van der Waals surface area contributed by atoms with Crippen LogP contribution in [0.15, 0.2) is 0 Å². The second kappa shape index (κ2) is 5.77. The summed E-state index contributed by atoms with van der Waals surface area (Å²) in [4.78, 5) is 24.9. The van der Waals surface area contributed by atoms with E-state index >= 15 is 0 Å². The summed E-state index contributed by atoms with van der Waals surface area (Å²) in [6, 6.07) is -0.976. The van der Waals surface area contributed by atoms with Gasteiger partial charge in [0.2, 0.25) is 0 Å². The van der Waals surface area contributed by atoms with Gasteiger partial charge in [-0.1, -0.05) is 6.92 Å². The Morgan fingerprint density at radius 1 is 1.32 bits per heavy atom. The quantitative estimate of drug-likeness (QED) is 0.803. The third-order valence-corrected chi connectivity index (χ3v) is 4.28. The van der Waals surface area contributed by atoms with Gasteiger partial charge in [0.1, 0.15) is 6.04 Å². The van der Waals surface area contributed by atoms with Crippen molar-refractivity contribution in [1.82, 2.24) is 10.2 Å². The van der Waals surface area contributed by atoms with Gasteiger partial charge in [0.25, 0.3) is 0 Å². The standard InChI is InChI=1S/C13H22N2O4/c1-8-6-7-15(11(8)12(16)17)13(18)14-9-4-3-5-10(9)19-2/h8-11H,3-7H2,1-2H3,(H,14,18)(H,16,17). The molecule has 0 radical (unpaired) electrons. The number of carbonyl (C=O) groups is 2. The number of nitrogens with zero attached hydrogens (tertiary/aromatic N) is 1. The van der Waals surface area contributed by atoms with Crippen LogP contribution in [0.1, 0.15) is 32.6 Å². The Bertz CT molecular complexity index is 361. The first-order valence-corrected chi connectivity index (χ1v) is 6.87. The smallest absolute Gasteiger partial charge is 0.326 e. The van der Waals surface area contributed by atoms with Crippen LogP contribution in [-0.4, -0.2) is 53.8 Å². The van der Waals surface area contributed by atoms with Crippen LogP contribution in [0.2, 0.25) is 0 Å². The number of nitrogens with one attached hydrogen (secondary N) is 1. The molecule has 6 nitrogen and oxygen atoms in total. The molecule has 1 aliphatic carbocycles. The lowest BCUT2D eigenvalue weighted by Gasteiger charge is -2.27. The molecule has 2 fully saturated rings. The first-order chi connectivity index (χ1) is 9.04. The van der Waals surface area contributed by atoms with Gasteiger partial charge in [-0.2, -0.15) is 0 Å². The molecule has 19 heavy (non-hydrogen) atoms. The highest BCUT2D eigenvalue weighted by atomic mass is 16.5. The average Bonchev–Trinajstić information content (AvgIpc) is 2.95. The lowest BCUT2D eigenvalue weighted by Crippen LogP contribution is -2.51. The summed E-state index contributed by atoms with van der Waals surface area (Å²) in [5, 5.41) is 12.1. The Balaban J connectivity index is 1.97. The number of hydrogen-bond donors (Lipinski definition) is 2. The van der Waals surface area contributed by atoms with E-state index in [0.717, 1.165) is 25.7 Å². The molecule has 1 heterocycles. The van der Waals surface area contributed by atoms with Crippen LogP contribution < -0.4 is 5.32 Å². The Morgan fingerprint density at radius 2 is 2.05 bits per heavy atom. The third-order valence-electron chi connectivity index (χ3n) is 4.28. The Labute approximate surface area is 113 Å². The minimum absolute atomic E-state index is 0.00264. The fourth-order valence-corrected chi connectivity index (χ4v) is 3.17. The van der Waals surface area contributed by atoms with E-state index in [4.69, 9.17) is 4.74 Å². The second-order valence-electron chi connectivity index (χ2n) is 5.50. The van der Waals surface area contributed by atoms with Gasteiger partial charge in [-0.25, -0.2) is 9.59 Å². The lowest BCUT2D eigenvalue weighted by molar-refractivity contribution is -0.142. The molecule has 2 N–H and O–H groups in total. The molecule has 108 valence electrons. The first kappa shape index (κ1) is 14.1. The molecule has 4 atom stereocenters. The van der Waals surface area contributed by atoms with Crippen molar-refractivity contribution in [3.05, 3.63) is 0 Å². The molecular formula is C13H22N2O4. The molecule has 2 rings (SSSR count). The summed E-state index contributed by atoms with van der Waals surface area (Å²) in [6.45, 7) is 2.38. The van der Waals surface area contributed by atoms with Crippen molar-refractivity contribution in [2.45, 2.75) is 50.8 Å². The molecule has 1 aliphatic heterocycles. The van der Waals surface area contributed by atoms with Gasteiger partial charge >= 0.3 is 12.0 Å². The summed E-state index contributed by atoms with van der Waals surface area (Å²) in [5.41, 5.74) is 0. The number of carboxylic acids is 1.